The molecule has 0 aliphatic rings. The normalized spacial score (nSPS) is 10.6. The number of hydrogen-bond acceptors (Lipinski definition) is 4. The third-order valence-corrected chi connectivity index (χ3v) is 3.99. The molecule has 1 aromatic rings. The smallest absolute Gasteiger partial charge is 0.225 e. The zero-order valence-electron chi connectivity index (χ0n) is 10.6. The summed E-state index contributed by atoms with van der Waals surface area (Å²) in [6, 6.07) is 0. The van der Waals surface area contributed by atoms with E-state index in [4.69, 9.17) is 17.3 Å². The van der Waals surface area contributed by atoms with E-state index in [0.717, 1.165) is 40.2 Å². The number of aromatic nitrogens is 1. The fourth-order valence-corrected chi connectivity index (χ4v) is 2.92. The van der Waals surface area contributed by atoms with Crippen molar-refractivity contribution in [3.63, 3.8) is 0 Å². The third kappa shape index (κ3) is 5.75. The summed E-state index contributed by atoms with van der Waals surface area (Å²) in [5.74, 6) is 0.0468. The summed E-state index contributed by atoms with van der Waals surface area (Å²) in [6.07, 6.45) is 4.28. The molecule has 0 radical (unpaired) electrons. The molecule has 0 unspecified atom stereocenters. The summed E-state index contributed by atoms with van der Waals surface area (Å²) in [6.45, 7) is 2.90. The minimum Gasteiger partial charge on any atom is -0.396 e. The molecule has 0 aliphatic heterocycles. The van der Waals surface area contributed by atoms with Crippen molar-refractivity contribution in [2.24, 2.45) is 0 Å². The molecule has 0 saturated carbocycles. The second kappa shape index (κ2) is 8.39. The van der Waals surface area contributed by atoms with E-state index in [2.05, 4.69) is 10.3 Å². The molecule has 0 aromatic carbocycles. The molecule has 3 N–H and O–H groups in total. The summed E-state index contributed by atoms with van der Waals surface area (Å²) in [7, 11) is 0. The molecule has 1 aromatic heterocycles. The van der Waals surface area contributed by atoms with Crippen LogP contribution in [0.15, 0.2) is 0 Å². The average molecular weight is 288 g/mol. The summed E-state index contributed by atoms with van der Waals surface area (Å²) in [5, 5.41) is 11.5. The second-order valence-electron chi connectivity index (χ2n) is 4.23. The fourth-order valence-electron chi connectivity index (χ4n) is 1.63. The first-order valence-corrected chi connectivity index (χ1v) is 7.42. The Bertz CT molecular complexity index is 426. The molecule has 0 saturated heterocycles. The van der Waals surface area contributed by atoms with E-state index in [1.807, 2.05) is 6.92 Å². The standard InChI is InChI=1S/C12H20N2O2S2/c1-9-10(18-12(17)14-9)8-11(16)13-6-4-2-3-5-7-15/h15H,2-8H2,1H3,(H,13,16)(H,14,17). The van der Waals surface area contributed by atoms with Crippen LogP contribution < -0.4 is 5.32 Å². The number of aliphatic hydroxyl groups excluding tert-OH is 1. The average Bonchev–Trinajstić information content (AvgIpc) is 2.62. The molecule has 0 aliphatic carbocycles. The van der Waals surface area contributed by atoms with Crippen LogP contribution in [0.1, 0.15) is 36.3 Å². The van der Waals surface area contributed by atoms with Gasteiger partial charge in [0.05, 0.1) is 6.42 Å². The number of aryl methyl sites for hydroxylation is 1. The molecule has 0 bridgehead atoms. The van der Waals surface area contributed by atoms with Crippen LogP contribution in [0, 0.1) is 10.9 Å². The Kier molecular flexibility index (Phi) is 7.15. The molecular formula is C12H20N2O2S2. The second-order valence-corrected chi connectivity index (χ2v) is 6.00. The molecule has 1 amide bonds. The van der Waals surface area contributed by atoms with Gasteiger partial charge in [0.1, 0.15) is 0 Å². The molecule has 1 heterocycles. The Morgan fingerprint density at radius 3 is 2.72 bits per heavy atom. The summed E-state index contributed by atoms with van der Waals surface area (Å²) < 4.78 is 0.722. The molecule has 18 heavy (non-hydrogen) atoms. The first kappa shape index (κ1) is 15.3. The number of rotatable bonds is 8. The SMILES string of the molecule is Cc1[nH]c(=S)sc1CC(=O)NCCCCCCO. The van der Waals surface area contributed by atoms with E-state index in [1.54, 1.807) is 0 Å². The molecule has 0 fully saturated rings. The number of thiazole rings is 1. The largest absolute Gasteiger partial charge is 0.396 e. The van der Waals surface area contributed by atoms with Gasteiger partial charge in [-0.15, -0.1) is 11.3 Å². The van der Waals surface area contributed by atoms with Crippen molar-refractivity contribution < 1.29 is 9.90 Å². The molecule has 102 valence electrons. The predicted molar refractivity (Wildman–Crippen MR) is 76.5 cm³/mol. The Balaban J connectivity index is 2.18. The van der Waals surface area contributed by atoms with E-state index < -0.39 is 0 Å². The molecular weight excluding hydrogens is 268 g/mol. The van der Waals surface area contributed by atoms with Crippen LogP contribution in [0.5, 0.6) is 0 Å². The molecule has 4 nitrogen and oxygen atoms in total. The number of H-pyrrole nitrogens is 1. The van der Waals surface area contributed by atoms with Crippen LogP contribution in [-0.2, 0) is 11.2 Å². The maximum Gasteiger partial charge on any atom is 0.225 e. The highest BCUT2D eigenvalue weighted by Gasteiger charge is 2.07. The highest BCUT2D eigenvalue weighted by atomic mass is 32.1. The molecule has 0 spiro atoms. The maximum absolute atomic E-state index is 11.7. The summed E-state index contributed by atoms with van der Waals surface area (Å²) >= 11 is 6.49. The number of aliphatic hydroxyl groups is 1. The van der Waals surface area contributed by atoms with E-state index >= 15 is 0 Å². The highest BCUT2D eigenvalue weighted by molar-refractivity contribution is 7.73. The van der Waals surface area contributed by atoms with Gasteiger partial charge in [-0.3, -0.25) is 4.79 Å². The number of amides is 1. The molecule has 6 heteroatoms. The van der Waals surface area contributed by atoms with Gasteiger partial charge < -0.3 is 15.4 Å². The number of carbonyl (C=O) groups is 1. The van der Waals surface area contributed by atoms with Crippen molar-refractivity contribution in [2.75, 3.05) is 13.2 Å². The highest BCUT2D eigenvalue weighted by Crippen LogP contribution is 2.14. The Morgan fingerprint density at radius 2 is 2.11 bits per heavy atom. The summed E-state index contributed by atoms with van der Waals surface area (Å²) in [5.41, 5.74) is 0.989. The van der Waals surface area contributed by atoms with E-state index in [-0.39, 0.29) is 12.5 Å². The van der Waals surface area contributed by atoms with Crippen molar-refractivity contribution in [1.29, 1.82) is 0 Å². The van der Waals surface area contributed by atoms with Crippen LogP contribution in [0.2, 0.25) is 0 Å². The first-order valence-electron chi connectivity index (χ1n) is 6.19. The molecule has 0 atom stereocenters. The van der Waals surface area contributed by atoms with Crippen molar-refractivity contribution in [3.05, 3.63) is 14.5 Å². The van der Waals surface area contributed by atoms with E-state index in [9.17, 15) is 4.79 Å². The minimum atomic E-state index is 0.0468. The third-order valence-electron chi connectivity index (χ3n) is 2.65. The van der Waals surface area contributed by atoms with Crippen molar-refractivity contribution in [1.82, 2.24) is 10.3 Å². The van der Waals surface area contributed by atoms with Crippen LogP contribution in [0.25, 0.3) is 0 Å². The number of hydrogen-bond donors (Lipinski definition) is 3. The van der Waals surface area contributed by atoms with Crippen LogP contribution >= 0.6 is 23.6 Å². The number of carbonyl (C=O) groups excluding carboxylic acids is 1. The van der Waals surface area contributed by atoms with Crippen molar-refractivity contribution in [2.45, 2.75) is 39.0 Å². The van der Waals surface area contributed by atoms with Gasteiger partial charge in [0.25, 0.3) is 0 Å². The van der Waals surface area contributed by atoms with Gasteiger partial charge in [-0.2, -0.15) is 0 Å². The number of unbranched alkanes of at least 4 members (excludes halogenated alkanes) is 3. The van der Waals surface area contributed by atoms with Gasteiger partial charge in [0.15, 0.2) is 3.95 Å². The van der Waals surface area contributed by atoms with Gasteiger partial charge in [-0.1, -0.05) is 12.8 Å². The lowest BCUT2D eigenvalue weighted by Gasteiger charge is -2.04. The van der Waals surface area contributed by atoms with Gasteiger partial charge in [-0.05, 0) is 32.0 Å². The fraction of sp³-hybridized carbons (Fsp3) is 0.667. The van der Waals surface area contributed by atoms with E-state index in [1.165, 1.54) is 11.3 Å². The predicted octanol–water partition coefficient (Wildman–Crippen LogP) is 2.33. The van der Waals surface area contributed by atoms with Crippen LogP contribution in [-0.4, -0.2) is 29.1 Å². The van der Waals surface area contributed by atoms with Crippen LogP contribution in [0.3, 0.4) is 0 Å². The molecule has 1 rings (SSSR count). The lowest BCUT2D eigenvalue weighted by atomic mass is 10.2. The summed E-state index contributed by atoms with van der Waals surface area (Å²) in [4.78, 5) is 15.7. The quantitative estimate of drug-likeness (QED) is 0.508. The number of nitrogens with one attached hydrogen (secondary N) is 2. The maximum atomic E-state index is 11.7. The topological polar surface area (TPSA) is 65.1 Å². The monoisotopic (exact) mass is 288 g/mol. The van der Waals surface area contributed by atoms with Crippen LogP contribution in [0.4, 0.5) is 0 Å². The van der Waals surface area contributed by atoms with E-state index in [0.29, 0.717) is 13.0 Å². The zero-order valence-corrected chi connectivity index (χ0v) is 12.3. The van der Waals surface area contributed by atoms with Gasteiger partial charge >= 0.3 is 0 Å². The first-order chi connectivity index (χ1) is 8.63. The van der Waals surface area contributed by atoms with Gasteiger partial charge in [0, 0.05) is 23.7 Å². The Labute approximate surface area is 116 Å². The number of aromatic amines is 1. The Morgan fingerprint density at radius 1 is 1.39 bits per heavy atom. The zero-order chi connectivity index (χ0) is 13.4. The Hall–Kier alpha value is -0.720. The van der Waals surface area contributed by atoms with Gasteiger partial charge in [0.2, 0.25) is 5.91 Å². The van der Waals surface area contributed by atoms with Gasteiger partial charge in [-0.25, -0.2) is 0 Å². The minimum absolute atomic E-state index is 0.0468. The lowest BCUT2D eigenvalue weighted by molar-refractivity contribution is -0.120. The lowest BCUT2D eigenvalue weighted by Crippen LogP contribution is -2.26. The van der Waals surface area contributed by atoms with Crippen molar-refractivity contribution >= 4 is 29.5 Å². The van der Waals surface area contributed by atoms with Crippen molar-refractivity contribution in [3.8, 4) is 0 Å².